The summed E-state index contributed by atoms with van der Waals surface area (Å²) in [5, 5.41) is 9.39. The lowest BCUT2D eigenvalue weighted by Gasteiger charge is -2.14. The Kier molecular flexibility index (Phi) is 5.22. The number of nitriles is 1. The van der Waals surface area contributed by atoms with Crippen molar-refractivity contribution >= 4 is 24.4 Å². The van der Waals surface area contributed by atoms with Gasteiger partial charge in [-0.3, -0.25) is 14.3 Å². The normalized spacial score (nSPS) is 10.4. The predicted molar refractivity (Wildman–Crippen MR) is 102 cm³/mol. The molecule has 25 heavy (non-hydrogen) atoms. The summed E-state index contributed by atoms with van der Waals surface area (Å²) in [5.41, 5.74) is 1.32. The average Bonchev–Trinajstić information content (AvgIpc) is 2.68. The first-order valence-electron chi connectivity index (χ1n) is 7.41. The smallest absolute Gasteiger partial charge is 0.267 e. The minimum atomic E-state index is -0.405. The number of nitrogens with zero attached hydrogens (tertiary/aromatic N) is 4. The average molecular weight is 366 g/mol. The lowest BCUT2D eigenvalue weighted by Crippen LogP contribution is -2.26. The summed E-state index contributed by atoms with van der Waals surface area (Å²) in [4.78, 5) is 22.7. The first-order chi connectivity index (χ1) is 12.2. The second-order valence-electron chi connectivity index (χ2n) is 5.11. The van der Waals surface area contributed by atoms with E-state index in [9.17, 15) is 10.1 Å². The minimum absolute atomic E-state index is 0.0107. The van der Waals surface area contributed by atoms with Gasteiger partial charge in [0.05, 0.1) is 11.4 Å². The molecule has 1 aromatic carbocycles. The van der Waals surface area contributed by atoms with Crippen LogP contribution in [0.5, 0.6) is 0 Å². The molecule has 2 heterocycles. The van der Waals surface area contributed by atoms with E-state index in [1.165, 1.54) is 4.57 Å². The highest BCUT2D eigenvalue weighted by molar-refractivity contribution is 7.98. The number of hydrogen-bond acceptors (Lipinski definition) is 6. The Labute approximate surface area is 154 Å². The van der Waals surface area contributed by atoms with Gasteiger partial charge < -0.3 is 0 Å². The van der Waals surface area contributed by atoms with E-state index in [4.69, 9.17) is 0 Å². The molecule has 3 rings (SSSR count). The Morgan fingerprint density at radius 3 is 2.60 bits per heavy atom. The van der Waals surface area contributed by atoms with Crippen molar-refractivity contribution in [3.05, 3.63) is 70.4 Å². The zero-order valence-corrected chi connectivity index (χ0v) is 15.1. The summed E-state index contributed by atoms with van der Waals surface area (Å²) >= 11 is 5.82. The molecule has 0 atom stereocenters. The van der Waals surface area contributed by atoms with Crippen LogP contribution < -0.4 is 5.56 Å². The lowest BCUT2D eigenvalue weighted by atomic mass is 10.2. The van der Waals surface area contributed by atoms with Crippen LogP contribution in [-0.4, -0.2) is 20.8 Å². The van der Waals surface area contributed by atoms with Crippen molar-refractivity contribution in [2.75, 3.05) is 6.26 Å². The lowest BCUT2D eigenvalue weighted by molar-refractivity contribution is 0.914. The Balaban J connectivity index is 2.35. The Bertz CT molecular complexity index is 993. The molecule has 0 aliphatic heterocycles. The van der Waals surface area contributed by atoms with Crippen LogP contribution in [0.4, 0.5) is 0 Å². The topological polar surface area (TPSA) is 71.6 Å². The van der Waals surface area contributed by atoms with Gasteiger partial charge in [-0.15, -0.1) is 11.8 Å². The van der Waals surface area contributed by atoms with Crippen molar-refractivity contribution in [2.45, 2.75) is 10.6 Å². The molecule has 3 aromatic rings. The Morgan fingerprint density at radius 2 is 2.04 bits per heavy atom. The fraction of sp³-hybridized carbons (Fsp3) is 0.111. The van der Waals surface area contributed by atoms with E-state index in [-0.39, 0.29) is 11.3 Å². The van der Waals surface area contributed by atoms with E-state index >= 15 is 0 Å². The molecule has 124 valence electrons. The first-order valence-corrected chi connectivity index (χ1v) is 9.27. The highest BCUT2D eigenvalue weighted by Gasteiger charge is 2.18. The third-order valence-corrected chi connectivity index (χ3v) is 4.71. The second kappa shape index (κ2) is 7.55. The van der Waals surface area contributed by atoms with Gasteiger partial charge in [-0.05, 0) is 42.7 Å². The second-order valence-corrected chi connectivity index (χ2v) is 6.30. The summed E-state index contributed by atoms with van der Waals surface area (Å²) < 4.78 is 1.45. The fourth-order valence-corrected chi connectivity index (χ4v) is 3.09. The molecule has 2 aromatic heterocycles. The summed E-state index contributed by atoms with van der Waals surface area (Å²) in [7, 11) is 0. The molecule has 0 unspecified atom stereocenters. The van der Waals surface area contributed by atoms with Crippen LogP contribution in [0.1, 0.15) is 11.3 Å². The van der Waals surface area contributed by atoms with Crippen LogP contribution in [0.25, 0.3) is 17.1 Å². The van der Waals surface area contributed by atoms with Crippen LogP contribution in [-0.2, 0) is 5.75 Å². The molecular formula is C18H14N4OS2. The monoisotopic (exact) mass is 366 g/mol. The molecule has 5 nitrogen and oxygen atoms in total. The quantitative estimate of drug-likeness (QED) is 0.566. The van der Waals surface area contributed by atoms with Gasteiger partial charge in [-0.1, -0.05) is 0 Å². The van der Waals surface area contributed by atoms with E-state index in [2.05, 4.69) is 22.6 Å². The fourth-order valence-electron chi connectivity index (χ4n) is 2.45. The van der Waals surface area contributed by atoms with Crippen molar-refractivity contribution in [1.29, 1.82) is 5.26 Å². The number of hydrogen-bond donors (Lipinski definition) is 1. The highest BCUT2D eigenvalue weighted by atomic mass is 32.2. The number of aromatic nitrogens is 3. The number of thiol groups is 1. The van der Waals surface area contributed by atoms with Crippen LogP contribution in [0, 0.1) is 11.3 Å². The van der Waals surface area contributed by atoms with Crippen molar-refractivity contribution in [3.8, 4) is 23.1 Å². The number of rotatable bonds is 4. The SMILES string of the molecule is CSc1ccc(-n2c(-c3cccnc3)nc(CS)c(C#N)c2=O)cc1. The minimum Gasteiger partial charge on any atom is -0.267 e. The van der Waals surface area contributed by atoms with E-state index in [0.717, 1.165) is 4.90 Å². The number of thioether (sulfide) groups is 1. The van der Waals surface area contributed by atoms with Crippen molar-refractivity contribution in [1.82, 2.24) is 14.5 Å². The van der Waals surface area contributed by atoms with Crippen LogP contribution in [0.15, 0.2) is 58.5 Å². The molecule has 0 bridgehead atoms. The predicted octanol–water partition coefficient (Wildman–Crippen LogP) is 3.32. The first kappa shape index (κ1) is 17.3. The van der Waals surface area contributed by atoms with Crippen LogP contribution in [0.2, 0.25) is 0 Å². The van der Waals surface area contributed by atoms with Gasteiger partial charge in [0.2, 0.25) is 0 Å². The van der Waals surface area contributed by atoms with E-state index < -0.39 is 5.56 Å². The molecular weight excluding hydrogens is 352 g/mol. The molecule has 0 saturated carbocycles. The summed E-state index contributed by atoms with van der Waals surface area (Å²) in [6.45, 7) is 0. The molecule has 0 radical (unpaired) electrons. The van der Waals surface area contributed by atoms with Gasteiger partial charge in [0.25, 0.3) is 5.56 Å². The zero-order valence-electron chi connectivity index (χ0n) is 13.4. The van der Waals surface area contributed by atoms with Gasteiger partial charge in [0.15, 0.2) is 0 Å². The molecule has 0 saturated heterocycles. The van der Waals surface area contributed by atoms with Crippen molar-refractivity contribution in [3.63, 3.8) is 0 Å². The van der Waals surface area contributed by atoms with Crippen LogP contribution >= 0.6 is 24.4 Å². The summed E-state index contributed by atoms with van der Waals surface area (Å²) in [6.07, 6.45) is 5.28. The van der Waals surface area contributed by atoms with Gasteiger partial charge in [-0.2, -0.15) is 17.9 Å². The summed E-state index contributed by atoms with van der Waals surface area (Å²) in [6, 6.07) is 13.1. The van der Waals surface area contributed by atoms with Crippen LogP contribution in [0.3, 0.4) is 0 Å². The molecule has 0 fully saturated rings. The molecule has 7 heteroatoms. The molecule has 0 amide bonds. The maximum Gasteiger partial charge on any atom is 0.276 e. The maximum atomic E-state index is 13.0. The maximum absolute atomic E-state index is 13.0. The molecule has 0 N–H and O–H groups in total. The Hall–Kier alpha value is -2.56. The third kappa shape index (κ3) is 3.31. The highest BCUT2D eigenvalue weighted by Crippen LogP contribution is 2.22. The van der Waals surface area contributed by atoms with E-state index in [1.54, 1.807) is 30.2 Å². The van der Waals surface area contributed by atoms with Crippen molar-refractivity contribution < 1.29 is 0 Å². The molecule has 0 aliphatic carbocycles. The number of pyridine rings is 1. The number of benzene rings is 1. The van der Waals surface area contributed by atoms with Gasteiger partial charge in [0.1, 0.15) is 17.5 Å². The third-order valence-electron chi connectivity index (χ3n) is 3.67. The van der Waals surface area contributed by atoms with Gasteiger partial charge >= 0.3 is 0 Å². The molecule has 0 spiro atoms. The van der Waals surface area contributed by atoms with E-state index in [0.29, 0.717) is 22.8 Å². The molecule has 0 aliphatic rings. The Morgan fingerprint density at radius 1 is 1.28 bits per heavy atom. The summed E-state index contributed by atoms with van der Waals surface area (Å²) in [5.74, 6) is 0.649. The standard InChI is InChI=1S/C18H14N4OS2/c1-25-14-6-4-13(5-7-14)22-17(12-3-2-8-20-10-12)21-16(11-24)15(9-19)18(22)23/h2-8,10,24H,11H2,1H3. The van der Waals surface area contributed by atoms with Gasteiger partial charge in [-0.25, -0.2) is 4.98 Å². The zero-order chi connectivity index (χ0) is 17.8. The van der Waals surface area contributed by atoms with E-state index in [1.807, 2.05) is 42.7 Å². The largest absolute Gasteiger partial charge is 0.276 e. The van der Waals surface area contributed by atoms with Gasteiger partial charge in [0, 0.05) is 28.6 Å². The van der Waals surface area contributed by atoms with Crippen molar-refractivity contribution in [2.24, 2.45) is 0 Å².